The van der Waals surface area contributed by atoms with Crippen LogP contribution in [-0.4, -0.2) is 90.5 Å². The van der Waals surface area contributed by atoms with E-state index in [0.29, 0.717) is 51.6 Å². The largest absolute Gasteiger partial charge is 0.379 e. The Morgan fingerprint density at radius 1 is 1.13 bits per heavy atom. The predicted molar refractivity (Wildman–Crippen MR) is 86.6 cm³/mol. The third kappa shape index (κ3) is 4.07. The van der Waals surface area contributed by atoms with E-state index in [1.165, 1.54) is 11.3 Å². The Kier molecular flexibility index (Phi) is 5.24. The molecule has 8 heteroatoms. The highest BCUT2D eigenvalue weighted by Gasteiger charge is 2.27. The lowest BCUT2D eigenvalue weighted by molar-refractivity contribution is -0.134. The van der Waals surface area contributed by atoms with Gasteiger partial charge in [-0.2, -0.15) is 0 Å². The maximum Gasteiger partial charge on any atom is 0.273 e. The first-order chi connectivity index (χ1) is 11.1. The Hall–Kier alpha value is -1.51. The fraction of sp³-hybridized carbons (Fsp3) is 0.667. The van der Waals surface area contributed by atoms with Gasteiger partial charge in [0.2, 0.25) is 5.91 Å². The number of hydrogen-bond donors (Lipinski definition) is 0. The molecule has 7 nitrogen and oxygen atoms in total. The van der Waals surface area contributed by atoms with E-state index in [9.17, 15) is 9.59 Å². The molecule has 0 atom stereocenters. The zero-order valence-corrected chi connectivity index (χ0v) is 14.2. The summed E-state index contributed by atoms with van der Waals surface area (Å²) in [5.74, 6) is 0.109. The number of rotatable bonds is 3. The Morgan fingerprint density at radius 2 is 1.78 bits per heavy atom. The lowest BCUT2D eigenvalue weighted by Gasteiger charge is -2.36. The van der Waals surface area contributed by atoms with Gasteiger partial charge in [0.1, 0.15) is 5.69 Å². The minimum Gasteiger partial charge on any atom is -0.379 e. The molecule has 2 aliphatic heterocycles. The van der Waals surface area contributed by atoms with E-state index in [1.807, 2.05) is 11.8 Å². The normalized spacial score (nSPS) is 19.9. The molecule has 23 heavy (non-hydrogen) atoms. The van der Waals surface area contributed by atoms with Crippen LogP contribution in [0.2, 0.25) is 0 Å². The fourth-order valence-corrected chi connectivity index (χ4v) is 3.42. The first-order valence-electron chi connectivity index (χ1n) is 7.93. The van der Waals surface area contributed by atoms with Crippen molar-refractivity contribution in [3.8, 4) is 0 Å². The highest BCUT2D eigenvalue weighted by Crippen LogP contribution is 2.12. The van der Waals surface area contributed by atoms with Gasteiger partial charge in [0.05, 0.1) is 24.8 Å². The minimum absolute atomic E-state index is 0.0328. The summed E-state index contributed by atoms with van der Waals surface area (Å²) in [5.41, 5.74) is 0.514. The van der Waals surface area contributed by atoms with Crippen molar-refractivity contribution in [1.29, 1.82) is 0 Å². The molecule has 3 heterocycles. The third-order valence-corrected chi connectivity index (χ3v) is 4.99. The third-order valence-electron chi connectivity index (χ3n) is 4.22. The number of ether oxygens (including phenoxy) is 1. The monoisotopic (exact) mass is 338 g/mol. The second-order valence-corrected chi connectivity index (χ2v) is 6.88. The van der Waals surface area contributed by atoms with Crippen molar-refractivity contribution in [2.24, 2.45) is 0 Å². The van der Waals surface area contributed by atoms with Gasteiger partial charge in [0, 0.05) is 44.6 Å². The number of hydrogen-bond acceptors (Lipinski definition) is 6. The summed E-state index contributed by atoms with van der Waals surface area (Å²) in [5, 5.41) is 2.70. The van der Waals surface area contributed by atoms with Crippen LogP contribution in [0.3, 0.4) is 0 Å². The van der Waals surface area contributed by atoms with Crippen LogP contribution in [0.4, 0.5) is 0 Å². The van der Waals surface area contributed by atoms with Gasteiger partial charge in [-0.05, 0) is 6.92 Å². The van der Waals surface area contributed by atoms with Crippen LogP contribution in [0, 0.1) is 6.92 Å². The maximum atomic E-state index is 12.4. The van der Waals surface area contributed by atoms with E-state index in [4.69, 9.17) is 4.74 Å². The Labute approximate surface area is 139 Å². The average molecular weight is 338 g/mol. The van der Waals surface area contributed by atoms with Gasteiger partial charge in [-0.15, -0.1) is 11.3 Å². The van der Waals surface area contributed by atoms with E-state index >= 15 is 0 Å². The van der Waals surface area contributed by atoms with Crippen LogP contribution in [0.1, 0.15) is 15.5 Å². The van der Waals surface area contributed by atoms with E-state index in [-0.39, 0.29) is 11.8 Å². The van der Waals surface area contributed by atoms with Gasteiger partial charge in [-0.25, -0.2) is 4.98 Å². The first-order valence-corrected chi connectivity index (χ1v) is 8.81. The molecular weight excluding hydrogens is 316 g/mol. The molecule has 0 bridgehead atoms. The number of aromatic nitrogens is 1. The number of carbonyl (C=O) groups excluding carboxylic acids is 2. The smallest absolute Gasteiger partial charge is 0.273 e. The van der Waals surface area contributed by atoms with Gasteiger partial charge < -0.3 is 14.5 Å². The Balaban J connectivity index is 1.47. The van der Waals surface area contributed by atoms with E-state index < -0.39 is 0 Å². The van der Waals surface area contributed by atoms with Crippen molar-refractivity contribution in [3.05, 3.63) is 16.1 Å². The number of carbonyl (C=O) groups is 2. The Bertz CT molecular complexity index is 563. The second-order valence-electron chi connectivity index (χ2n) is 5.81. The van der Waals surface area contributed by atoms with Crippen molar-refractivity contribution < 1.29 is 14.3 Å². The van der Waals surface area contributed by atoms with Crippen LogP contribution < -0.4 is 0 Å². The van der Waals surface area contributed by atoms with Crippen LogP contribution in [0.15, 0.2) is 5.38 Å². The quantitative estimate of drug-likeness (QED) is 0.780. The molecule has 0 N–H and O–H groups in total. The summed E-state index contributed by atoms with van der Waals surface area (Å²) in [7, 11) is 0. The van der Waals surface area contributed by atoms with Crippen molar-refractivity contribution in [2.75, 3.05) is 59.0 Å². The van der Waals surface area contributed by atoms with Gasteiger partial charge in [-0.3, -0.25) is 14.5 Å². The SMILES string of the molecule is Cc1nc(C(=O)N2CCN(C(=O)CN3CCOCC3)CC2)cs1. The zero-order chi connectivity index (χ0) is 16.2. The van der Waals surface area contributed by atoms with E-state index in [0.717, 1.165) is 18.1 Å². The van der Waals surface area contributed by atoms with Crippen LogP contribution in [-0.2, 0) is 9.53 Å². The average Bonchev–Trinajstić information content (AvgIpc) is 3.02. The molecule has 0 unspecified atom stereocenters. The number of piperazine rings is 1. The summed E-state index contributed by atoms with van der Waals surface area (Å²) in [6.07, 6.45) is 0. The summed E-state index contributed by atoms with van der Waals surface area (Å²) in [6.45, 7) is 7.70. The molecule has 1 aromatic rings. The predicted octanol–water partition coefficient (Wildman–Crippen LogP) is 0.0681. The molecule has 0 radical (unpaired) electrons. The van der Waals surface area contributed by atoms with Crippen molar-refractivity contribution in [1.82, 2.24) is 19.7 Å². The highest BCUT2D eigenvalue weighted by atomic mass is 32.1. The van der Waals surface area contributed by atoms with Gasteiger partial charge in [0.25, 0.3) is 5.91 Å². The van der Waals surface area contributed by atoms with Gasteiger partial charge in [-0.1, -0.05) is 0 Å². The highest BCUT2D eigenvalue weighted by molar-refractivity contribution is 7.09. The number of morpholine rings is 1. The molecule has 0 saturated carbocycles. The van der Waals surface area contributed by atoms with Crippen molar-refractivity contribution >= 4 is 23.2 Å². The molecule has 3 rings (SSSR count). The molecule has 1 aromatic heterocycles. The molecular formula is C15H22N4O3S. The molecule has 2 aliphatic rings. The maximum absolute atomic E-state index is 12.4. The zero-order valence-electron chi connectivity index (χ0n) is 13.4. The summed E-state index contributed by atoms with van der Waals surface area (Å²) < 4.78 is 5.30. The number of nitrogens with zero attached hydrogens (tertiary/aromatic N) is 4. The van der Waals surface area contributed by atoms with E-state index in [2.05, 4.69) is 9.88 Å². The lowest BCUT2D eigenvalue weighted by Crippen LogP contribution is -2.53. The van der Waals surface area contributed by atoms with Gasteiger partial charge >= 0.3 is 0 Å². The van der Waals surface area contributed by atoms with Crippen molar-refractivity contribution in [3.63, 3.8) is 0 Å². The Morgan fingerprint density at radius 3 is 2.39 bits per heavy atom. The molecule has 0 aromatic carbocycles. The van der Waals surface area contributed by atoms with Gasteiger partial charge in [0.15, 0.2) is 0 Å². The van der Waals surface area contributed by atoms with Crippen LogP contribution >= 0.6 is 11.3 Å². The molecule has 2 amide bonds. The number of thiazole rings is 1. The topological polar surface area (TPSA) is 66.0 Å². The summed E-state index contributed by atoms with van der Waals surface area (Å²) >= 11 is 1.48. The van der Waals surface area contributed by atoms with Crippen LogP contribution in [0.25, 0.3) is 0 Å². The second kappa shape index (κ2) is 7.37. The molecule has 126 valence electrons. The molecule has 0 aliphatic carbocycles. The fourth-order valence-electron chi connectivity index (χ4n) is 2.83. The summed E-state index contributed by atoms with van der Waals surface area (Å²) in [4.78, 5) is 34.7. The van der Waals surface area contributed by atoms with Crippen molar-refractivity contribution in [2.45, 2.75) is 6.92 Å². The lowest BCUT2D eigenvalue weighted by atomic mass is 10.2. The van der Waals surface area contributed by atoms with Crippen LogP contribution in [0.5, 0.6) is 0 Å². The van der Waals surface area contributed by atoms with E-state index in [1.54, 1.807) is 10.3 Å². The number of amides is 2. The first kappa shape index (κ1) is 16.4. The minimum atomic E-state index is -0.0328. The number of aryl methyl sites for hydroxylation is 1. The summed E-state index contributed by atoms with van der Waals surface area (Å²) in [6, 6.07) is 0. The standard InChI is InChI=1S/C15H22N4O3S/c1-12-16-13(11-23-12)15(21)19-4-2-18(3-5-19)14(20)10-17-6-8-22-9-7-17/h11H,2-10H2,1H3. The molecule has 2 saturated heterocycles. The molecule has 2 fully saturated rings. The molecule has 0 spiro atoms.